The summed E-state index contributed by atoms with van der Waals surface area (Å²) in [5.74, 6) is -0.713. The molecule has 2 bridgehead atoms. The van der Waals surface area contributed by atoms with Crippen LogP contribution in [-0.2, 0) is 20.7 Å². The van der Waals surface area contributed by atoms with Gasteiger partial charge in [0.05, 0.1) is 17.6 Å². The van der Waals surface area contributed by atoms with Gasteiger partial charge in [0.2, 0.25) is 17.7 Å². The maximum absolute atomic E-state index is 13.5. The SMILES string of the molecule is C[C@@H]1[C@@H]2CN(C(=O)[C@H](C)NC(=O)O[C@@H]3C[C@@H]4C=C=C4C3CCCCCc3nc4ccc(Cl)cc4nc3O2)[C@@H]1C(N)=O. The lowest BCUT2D eigenvalue weighted by Crippen LogP contribution is -2.53. The number of nitrogens with one attached hydrogen (secondary N) is 1. The molecule has 216 valence electrons. The second-order valence-electron chi connectivity index (χ2n) is 11.6. The van der Waals surface area contributed by atoms with E-state index >= 15 is 0 Å². The Balaban J connectivity index is 1.32. The van der Waals surface area contributed by atoms with E-state index < -0.39 is 42.0 Å². The van der Waals surface area contributed by atoms with Crippen LogP contribution in [0.1, 0.15) is 51.6 Å². The van der Waals surface area contributed by atoms with Crippen LogP contribution in [0.25, 0.3) is 11.0 Å². The molecule has 1 aromatic heterocycles. The third-order valence-corrected chi connectivity index (χ3v) is 9.11. The van der Waals surface area contributed by atoms with Gasteiger partial charge in [-0.15, -0.1) is 5.73 Å². The number of ether oxygens (including phenoxy) is 2. The van der Waals surface area contributed by atoms with E-state index in [-0.39, 0.29) is 18.6 Å². The maximum atomic E-state index is 13.5. The highest BCUT2D eigenvalue weighted by atomic mass is 35.5. The third kappa shape index (κ3) is 5.26. The summed E-state index contributed by atoms with van der Waals surface area (Å²) in [5.41, 5.74) is 12.3. The first-order valence-electron chi connectivity index (χ1n) is 14.4. The smallest absolute Gasteiger partial charge is 0.408 e. The summed E-state index contributed by atoms with van der Waals surface area (Å²) in [5, 5.41) is 3.21. The summed E-state index contributed by atoms with van der Waals surface area (Å²) in [4.78, 5) is 50.0. The number of benzene rings is 1. The zero-order valence-electron chi connectivity index (χ0n) is 23.1. The number of nitrogens with two attached hydrogens (primary N) is 1. The number of rotatable bonds is 1. The molecule has 3 N–H and O–H groups in total. The first-order valence-corrected chi connectivity index (χ1v) is 14.7. The zero-order chi connectivity index (χ0) is 28.8. The van der Waals surface area contributed by atoms with Gasteiger partial charge in [0.1, 0.15) is 30.0 Å². The van der Waals surface area contributed by atoms with Crippen molar-refractivity contribution in [1.82, 2.24) is 20.2 Å². The van der Waals surface area contributed by atoms with Gasteiger partial charge in [-0.25, -0.2) is 14.8 Å². The molecule has 4 aliphatic rings. The molecule has 3 heterocycles. The second kappa shape index (κ2) is 11.0. The van der Waals surface area contributed by atoms with Gasteiger partial charge < -0.3 is 25.4 Å². The second-order valence-corrected chi connectivity index (χ2v) is 12.0. The van der Waals surface area contributed by atoms with Crippen LogP contribution in [0.3, 0.4) is 0 Å². The molecule has 2 fully saturated rings. The number of primary amides is 1. The van der Waals surface area contributed by atoms with Crippen molar-refractivity contribution in [2.24, 2.45) is 23.5 Å². The van der Waals surface area contributed by atoms with Gasteiger partial charge >= 0.3 is 6.09 Å². The Hall–Kier alpha value is -3.62. The van der Waals surface area contributed by atoms with Crippen LogP contribution in [0.5, 0.6) is 5.88 Å². The molecular formula is C30H34ClN5O5. The van der Waals surface area contributed by atoms with Crippen molar-refractivity contribution in [3.05, 3.63) is 46.3 Å². The summed E-state index contributed by atoms with van der Waals surface area (Å²) in [6, 6.07) is 3.52. The minimum atomic E-state index is -0.929. The Labute approximate surface area is 243 Å². The topological polar surface area (TPSA) is 137 Å². The fourth-order valence-electron chi connectivity index (χ4n) is 6.65. The molecule has 6 rings (SSSR count). The summed E-state index contributed by atoms with van der Waals surface area (Å²) >= 11 is 6.23. The lowest BCUT2D eigenvalue weighted by Gasteiger charge is -2.27. The van der Waals surface area contributed by atoms with Crippen molar-refractivity contribution in [3.8, 4) is 5.88 Å². The zero-order valence-corrected chi connectivity index (χ0v) is 23.9. The number of hydrogen-bond donors (Lipinski definition) is 2. The molecule has 41 heavy (non-hydrogen) atoms. The van der Waals surface area contributed by atoms with Crippen LogP contribution < -0.4 is 15.8 Å². The Morgan fingerprint density at radius 1 is 1.12 bits per heavy atom. The quantitative estimate of drug-likeness (QED) is 0.492. The molecule has 1 saturated heterocycles. The predicted molar refractivity (Wildman–Crippen MR) is 151 cm³/mol. The van der Waals surface area contributed by atoms with Gasteiger partial charge in [-0.3, -0.25) is 9.59 Å². The van der Waals surface area contributed by atoms with Gasteiger partial charge in [0.15, 0.2) is 0 Å². The maximum Gasteiger partial charge on any atom is 0.408 e. The number of carbonyl (C=O) groups is 3. The Bertz CT molecular complexity index is 1470. The van der Waals surface area contributed by atoms with Gasteiger partial charge in [0, 0.05) is 22.8 Å². The molecule has 1 aromatic carbocycles. The number of alkyl carbamates (subject to hydrolysis) is 1. The van der Waals surface area contributed by atoms with Crippen LogP contribution in [0, 0.1) is 17.8 Å². The summed E-state index contributed by atoms with van der Waals surface area (Å²) < 4.78 is 12.3. The Morgan fingerprint density at radius 3 is 2.71 bits per heavy atom. The molecule has 2 aliphatic carbocycles. The van der Waals surface area contributed by atoms with E-state index in [1.807, 2.05) is 19.1 Å². The average molecular weight is 580 g/mol. The Morgan fingerprint density at radius 2 is 1.95 bits per heavy atom. The molecule has 0 radical (unpaired) electrons. The van der Waals surface area contributed by atoms with E-state index in [0.29, 0.717) is 28.8 Å². The van der Waals surface area contributed by atoms with Gasteiger partial charge in [0.25, 0.3) is 0 Å². The van der Waals surface area contributed by atoms with Crippen LogP contribution in [0.15, 0.2) is 35.6 Å². The molecule has 1 saturated carbocycles. The highest BCUT2D eigenvalue weighted by Crippen LogP contribution is 2.45. The number of halogens is 1. The first-order chi connectivity index (χ1) is 19.7. The van der Waals surface area contributed by atoms with Crippen molar-refractivity contribution in [3.63, 3.8) is 0 Å². The van der Waals surface area contributed by atoms with Gasteiger partial charge in [-0.1, -0.05) is 31.4 Å². The molecule has 2 aromatic rings. The van der Waals surface area contributed by atoms with Crippen LogP contribution in [0.4, 0.5) is 4.79 Å². The molecule has 1 unspecified atom stereocenters. The number of hydrogen-bond acceptors (Lipinski definition) is 7. The number of fused-ring (bicyclic) bond motifs is 7. The fourth-order valence-corrected chi connectivity index (χ4v) is 6.81. The van der Waals surface area contributed by atoms with Crippen molar-refractivity contribution in [2.45, 2.75) is 76.7 Å². The molecule has 2 aliphatic heterocycles. The van der Waals surface area contributed by atoms with E-state index in [0.717, 1.165) is 43.3 Å². The lowest BCUT2D eigenvalue weighted by atomic mass is 9.87. The fraction of sp³-hybridized carbons (Fsp3) is 0.533. The Kier molecular flexibility index (Phi) is 7.38. The molecular weight excluding hydrogens is 546 g/mol. The highest BCUT2D eigenvalue weighted by Gasteiger charge is 2.48. The molecule has 0 spiro atoms. The van der Waals surface area contributed by atoms with E-state index in [9.17, 15) is 14.4 Å². The average Bonchev–Trinajstić information content (AvgIpc) is 3.35. The monoisotopic (exact) mass is 579 g/mol. The van der Waals surface area contributed by atoms with Crippen molar-refractivity contribution < 1.29 is 23.9 Å². The number of nitrogens with zero attached hydrogens (tertiary/aromatic N) is 3. The summed E-state index contributed by atoms with van der Waals surface area (Å²) in [6.07, 6.45) is 5.62. The standard InChI is InChI=1S/C30H34ClN5O5/c1-15-25-14-36(26(15)27(32)37)29(38)16(2)33-30(39)41-24-12-17-8-10-19(17)20(24)6-4-3-5-7-22-28(40-25)35-23-13-18(31)9-11-21(23)34-22/h8-9,11,13,15-17,20,24-26H,3-7,12,14H2,1-2H3,(H2,32,37)(H,33,39)/t15-,16+,17+,20?,24-,25+,26+/m1/s1. The van der Waals surface area contributed by atoms with Crippen LogP contribution in [-0.4, -0.2) is 63.6 Å². The van der Waals surface area contributed by atoms with E-state index in [2.05, 4.69) is 11.0 Å². The molecule has 11 heteroatoms. The third-order valence-electron chi connectivity index (χ3n) is 8.87. The summed E-state index contributed by atoms with van der Waals surface area (Å²) in [6.45, 7) is 3.51. The largest absolute Gasteiger partial charge is 0.471 e. The predicted octanol–water partition coefficient (Wildman–Crippen LogP) is 3.69. The van der Waals surface area contributed by atoms with Crippen molar-refractivity contribution in [1.29, 1.82) is 0 Å². The molecule has 3 amide bonds. The number of amides is 3. The molecule has 10 nitrogen and oxygen atoms in total. The minimum absolute atomic E-state index is 0.107. The number of aryl methyl sites for hydroxylation is 1. The highest BCUT2D eigenvalue weighted by molar-refractivity contribution is 6.31. The number of aromatic nitrogens is 2. The molecule has 7 atom stereocenters. The normalized spacial score (nSPS) is 31.8. The van der Waals surface area contributed by atoms with Gasteiger partial charge in [-0.05, 0) is 62.5 Å². The number of carbonyl (C=O) groups excluding carboxylic acids is 3. The first kappa shape index (κ1) is 27.5. The minimum Gasteiger partial charge on any atom is -0.471 e. The lowest BCUT2D eigenvalue weighted by molar-refractivity contribution is -0.139. The van der Waals surface area contributed by atoms with E-state index in [1.165, 1.54) is 10.5 Å². The van der Waals surface area contributed by atoms with Gasteiger partial charge in [-0.2, -0.15) is 0 Å². The summed E-state index contributed by atoms with van der Waals surface area (Å²) in [7, 11) is 0. The van der Waals surface area contributed by atoms with Crippen LogP contribution in [0.2, 0.25) is 5.02 Å². The van der Waals surface area contributed by atoms with Crippen molar-refractivity contribution >= 4 is 40.5 Å². The van der Waals surface area contributed by atoms with E-state index in [1.54, 1.807) is 19.1 Å². The van der Waals surface area contributed by atoms with E-state index in [4.69, 9.17) is 36.8 Å². The van der Waals surface area contributed by atoms with Crippen LogP contribution >= 0.6 is 11.6 Å². The van der Waals surface area contributed by atoms with Crippen molar-refractivity contribution in [2.75, 3.05) is 6.54 Å².